The molecular weight excluding hydrogens is 412 g/mol. The fourth-order valence-corrected chi connectivity index (χ4v) is 3.26. The van der Waals surface area contributed by atoms with E-state index in [4.69, 9.17) is 14.2 Å². The van der Waals surface area contributed by atoms with E-state index in [0.717, 1.165) is 24.2 Å². The van der Waals surface area contributed by atoms with Crippen LogP contribution in [0.4, 0.5) is 0 Å². The second-order valence-electron chi connectivity index (χ2n) is 8.24. The highest BCUT2D eigenvalue weighted by Gasteiger charge is 2.31. The number of ether oxygens (including phenoxy) is 3. The van der Waals surface area contributed by atoms with Crippen molar-refractivity contribution >= 4 is 18.1 Å². The predicted molar refractivity (Wildman–Crippen MR) is 133 cm³/mol. The van der Waals surface area contributed by atoms with Crippen LogP contribution in [-0.2, 0) is 16.0 Å². The van der Waals surface area contributed by atoms with Gasteiger partial charge in [0.25, 0.3) is 0 Å². The molecule has 0 aliphatic rings. The number of carbonyl (C=O) groups excluding carboxylic acids is 1. The molecule has 0 aliphatic heterocycles. The molecule has 3 aromatic carbocycles. The van der Waals surface area contributed by atoms with E-state index < -0.39 is 5.60 Å². The Kier molecular flexibility index (Phi) is 8.71. The van der Waals surface area contributed by atoms with Crippen molar-refractivity contribution in [1.82, 2.24) is 0 Å². The molecule has 0 fully saturated rings. The molecule has 33 heavy (non-hydrogen) atoms. The molecule has 0 spiro atoms. The maximum atomic E-state index is 12.0. The van der Waals surface area contributed by atoms with Gasteiger partial charge in [-0.3, -0.25) is 0 Å². The summed E-state index contributed by atoms with van der Waals surface area (Å²) in [4.78, 5) is 12.0. The van der Waals surface area contributed by atoms with Gasteiger partial charge in [-0.2, -0.15) is 0 Å². The van der Waals surface area contributed by atoms with E-state index in [-0.39, 0.29) is 5.97 Å². The Balaban J connectivity index is 1.41. The Labute approximate surface area is 196 Å². The van der Waals surface area contributed by atoms with Gasteiger partial charge in [0, 0.05) is 0 Å². The van der Waals surface area contributed by atoms with E-state index in [1.807, 2.05) is 54.6 Å². The van der Waals surface area contributed by atoms with E-state index >= 15 is 0 Å². The Hall–Kier alpha value is -3.53. The summed E-state index contributed by atoms with van der Waals surface area (Å²) in [6.45, 7) is 6.19. The first-order valence-corrected chi connectivity index (χ1v) is 11.4. The molecule has 0 amide bonds. The lowest BCUT2D eigenvalue weighted by Crippen LogP contribution is -2.39. The molecular formula is C29H32O4. The van der Waals surface area contributed by atoms with Gasteiger partial charge in [0.2, 0.25) is 0 Å². The molecule has 3 aromatic rings. The summed E-state index contributed by atoms with van der Waals surface area (Å²) in [6, 6.07) is 26.2. The van der Waals surface area contributed by atoms with Crippen molar-refractivity contribution in [3.8, 4) is 11.5 Å². The van der Waals surface area contributed by atoms with Crippen molar-refractivity contribution in [2.45, 2.75) is 39.2 Å². The molecule has 172 valence electrons. The fraction of sp³-hybridized carbons (Fsp3) is 0.276. The monoisotopic (exact) mass is 444 g/mol. The Morgan fingerprint density at radius 2 is 1.42 bits per heavy atom. The molecule has 0 atom stereocenters. The molecule has 0 bridgehead atoms. The average Bonchev–Trinajstić information content (AvgIpc) is 2.83. The van der Waals surface area contributed by atoms with E-state index in [9.17, 15) is 4.79 Å². The Morgan fingerprint density at radius 1 is 0.818 bits per heavy atom. The topological polar surface area (TPSA) is 44.8 Å². The van der Waals surface area contributed by atoms with Gasteiger partial charge in [0.1, 0.15) is 11.5 Å². The zero-order chi connectivity index (χ0) is 23.5. The number of rotatable bonds is 11. The summed E-state index contributed by atoms with van der Waals surface area (Å²) in [5, 5.41) is 0. The summed E-state index contributed by atoms with van der Waals surface area (Å²) < 4.78 is 16.7. The molecule has 0 unspecified atom stereocenters. The lowest BCUT2D eigenvalue weighted by atomic mass is 10.1. The SMILES string of the molecule is CCOC(=O)C(C)(C)Oc1ccc(CCCOc2ccc(/C=C/c3ccccc3)cc2)cc1. The molecule has 0 N–H and O–H groups in total. The van der Waals surface area contributed by atoms with Crippen LogP contribution in [0.15, 0.2) is 78.9 Å². The van der Waals surface area contributed by atoms with Crippen molar-refractivity contribution in [2.75, 3.05) is 13.2 Å². The third-order valence-corrected chi connectivity index (χ3v) is 5.09. The first kappa shape index (κ1) is 24.1. The van der Waals surface area contributed by atoms with Gasteiger partial charge in [-0.05, 0) is 74.6 Å². The normalized spacial score (nSPS) is 11.4. The van der Waals surface area contributed by atoms with Crippen molar-refractivity contribution < 1.29 is 19.0 Å². The molecule has 0 aromatic heterocycles. The fourth-order valence-electron chi connectivity index (χ4n) is 3.26. The molecule has 0 radical (unpaired) electrons. The maximum absolute atomic E-state index is 12.0. The van der Waals surface area contributed by atoms with Gasteiger partial charge in [-0.25, -0.2) is 4.79 Å². The lowest BCUT2D eigenvalue weighted by molar-refractivity contribution is -0.158. The van der Waals surface area contributed by atoms with E-state index in [1.165, 1.54) is 11.1 Å². The third kappa shape index (κ3) is 7.83. The number of carbonyl (C=O) groups is 1. The molecule has 0 saturated heterocycles. The zero-order valence-electron chi connectivity index (χ0n) is 19.6. The minimum Gasteiger partial charge on any atom is -0.494 e. The second-order valence-corrected chi connectivity index (χ2v) is 8.24. The highest BCUT2D eigenvalue weighted by Crippen LogP contribution is 2.21. The minimum atomic E-state index is -1.02. The average molecular weight is 445 g/mol. The van der Waals surface area contributed by atoms with E-state index in [2.05, 4.69) is 36.4 Å². The van der Waals surface area contributed by atoms with Crippen LogP contribution in [0.3, 0.4) is 0 Å². The van der Waals surface area contributed by atoms with Crippen molar-refractivity contribution in [3.05, 3.63) is 95.6 Å². The van der Waals surface area contributed by atoms with Gasteiger partial charge < -0.3 is 14.2 Å². The van der Waals surface area contributed by atoms with Gasteiger partial charge in [-0.1, -0.05) is 66.7 Å². The first-order valence-electron chi connectivity index (χ1n) is 11.4. The predicted octanol–water partition coefficient (Wildman–Crippen LogP) is 6.59. The summed E-state index contributed by atoms with van der Waals surface area (Å²) in [7, 11) is 0. The molecule has 0 aliphatic carbocycles. The van der Waals surface area contributed by atoms with E-state index in [1.54, 1.807) is 20.8 Å². The number of hydrogen-bond donors (Lipinski definition) is 0. The van der Waals surface area contributed by atoms with Crippen LogP contribution in [0.1, 0.15) is 43.9 Å². The van der Waals surface area contributed by atoms with Crippen LogP contribution in [-0.4, -0.2) is 24.8 Å². The Bertz CT molecular complexity index is 1020. The smallest absolute Gasteiger partial charge is 0.349 e. The minimum absolute atomic E-state index is 0.335. The quantitative estimate of drug-likeness (QED) is 0.190. The third-order valence-electron chi connectivity index (χ3n) is 5.09. The van der Waals surface area contributed by atoms with Gasteiger partial charge >= 0.3 is 5.97 Å². The molecule has 4 heteroatoms. The second kappa shape index (κ2) is 11.9. The van der Waals surface area contributed by atoms with Crippen LogP contribution < -0.4 is 9.47 Å². The summed E-state index contributed by atoms with van der Waals surface area (Å²) in [5.41, 5.74) is 2.50. The molecule has 3 rings (SSSR count). The van der Waals surface area contributed by atoms with Gasteiger partial charge in [-0.15, -0.1) is 0 Å². The lowest BCUT2D eigenvalue weighted by Gasteiger charge is -2.24. The van der Waals surface area contributed by atoms with Crippen LogP contribution >= 0.6 is 0 Å². The van der Waals surface area contributed by atoms with Crippen molar-refractivity contribution in [3.63, 3.8) is 0 Å². The Morgan fingerprint density at radius 3 is 2.06 bits per heavy atom. The maximum Gasteiger partial charge on any atom is 0.349 e. The van der Waals surface area contributed by atoms with Gasteiger partial charge in [0.15, 0.2) is 5.60 Å². The number of esters is 1. The van der Waals surface area contributed by atoms with Crippen LogP contribution in [0.5, 0.6) is 11.5 Å². The van der Waals surface area contributed by atoms with Crippen LogP contribution in [0.25, 0.3) is 12.2 Å². The van der Waals surface area contributed by atoms with Crippen molar-refractivity contribution in [1.29, 1.82) is 0 Å². The molecule has 0 heterocycles. The zero-order valence-corrected chi connectivity index (χ0v) is 19.6. The number of benzene rings is 3. The van der Waals surface area contributed by atoms with Crippen LogP contribution in [0.2, 0.25) is 0 Å². The van der Waals surface area contributed by atoms with Crippen LogP contribution in [0, 0.1) is 0 Å². The largest absolute Gasteiger partial charge is 0.494 e. The standard InChI is InChI=1S/C29H32O4/c1-4-31-28(30)29(2,3)33-27-20-16-24(17-21-27)11-8-22-32-26-18-14-25(15-19-26)13-12-23-9-6-5-7-10-23/h5-7,9-10,12-21H,4,8,11,22H2,1-3H3/b13-12+. The molecule has 0 saturated carbocycles. The summed E-state index contributed by atoms with van der Waals surface area (Å²) in [5.74, 6) is 1.15. The van der Waals surface area contributed by atoms with Crippen molar-refractivity contribution in [2.24, 2.45) is 0 Å². The number of aryl methyl sites for hydroxylation is 1. The highest BCUT2D eigenvalue weighted by atomic mass is 16.6. The summed E-state index contributed by atoms with van der Waals surface area (Å²) in [6.07, 6.45) is 6.01. The highest BCUT2D eigenvalue weighted by molar-refractivity contribution is 5.79. The number of hydrogen-bond acceptors (Lipinski definition) is 4. The van der Waals surface area contributed by atoms with Gasteiger partial charge in [0.05, 0.1) is 13.2 Å². The van der Waals surface area contributed by atoms with E-state index in [0.29, 0.717) is 19.0 Å². The molecule has 4 nitrogen and oxygen atoms in total. The summed E-state index contributed by atoms with van der Waals surface area (Å²) >= 11 is 0. The first-order chi connectivity index (χ1) is 16.0.